The molecule has 0 saturated heterocycles. The lowest BCUT2D eigenvalue weighted by molar-refractivity contribution is -0.121. The Morgan fingerprint density at radius 3 is 3.09 bits per heavy atom. The van der Waals surface area contributed by atoms with Crippen molar-refractivity contribution in [3.8, 4) is 0 Å². The van der Waals surface area contributed by atoms with Crippen molar-refractivity contribution in [1.82, 2.24) is 15.1 Å². The van der Waals surface area contributed by atoms with Crippen LogP contribution in [0.4, 0.5) is 8.78 Å². The Bertz CT molecular complexity index is 711. The number of fused-ring (bicyclic) bond motifs is 1. The minimum Gasteiger partial charge on any atom is -0.349 e. The summed E-state index contributed by atoms with van der Waals surface area (Å²) in [4.78, 5) is 12.1. The standard InChI is InChI=1S/C16H17F2N3O/c1-21-9-12-14(3-2-4-15(12)20-21)19-16(22)8-10-7-11(17)5-6-13(10)18/h5-7,9,14H,2-4,8H2,1H3,(H,19,22). The van der Waals surface area contributed by atoms with E-state index in [0.717, 1.165) is 48.7 Å². The number of halogens is 2. The van der Waals surface area contributed by atoms with Crippen LogP contribution in [0.2, 0.25) is 0 Å². The summed E-state index contributed by atoms with van der Waals surface area (Å²) >= 11 is 0. The summed E-state index contributed by atoms with van der Waals surface area (Å²) in [6.07, 6.45) is 4.41. The molecule has 4 nitrogen and oxygen atoms in total. The van der Waals surface area contributed by atoms with Crippen molar-refractivity contribution in [3.05, 3.63) is 52.9 Å². The molecule has 6 heteroatoms. The monoisotopic (exact) mass is 305 g/mol. The van der Waals surface area contributed by atoms with E-state index in [0.29, 0.717) is 0 Å². The Kier molecular flexibility index (Phi) is 3.92. The second kappa shape index (κ2) is 5.87. The van der Waals surface area contributed by atoms with Gasteiger partial charge in [-0.2, -0.15) is 5.10 Å². The van der Waals surface area contributed by atoms with Gasteiger partial charge in [0.05, 0.1) is 18.2 Å². The number of hydrogen-bond acceptors (Lipinski definition) is 2. The predicted molar refractivity (Wildman–Crippen MR) is 77.1 cm³/mol. The van der Waals surface area contributed by atoms with Crippen molar-refractivity contribution in [1.29, 1.82) is 0 Å². The summed E-state index contributed by atoms with van der Waals surface area (Å²) in [5.74, 6) is -1.43. The molecule has 0 saturated carbocycles. The molecule has 1 heterocycles. The lowest BCUT2D eigenvalue weighted by atomic mass is 9.93. The summed E-state index contributed by atoms with van der Waals surface area (Å²) < 4.78 is 28.5. The van der Waals surface area contributed by atoms with Crippen molar-refractivity contribution in [3.63, 3.8) is 0 Å². The second-order valence-corrected chi connectivity index (χ2v) is 5.63. The van der Waals surface area contributed by atoms with Crippen LogP contribution in [-0.4, -0.2) is 15.7 Å². The Labute approximate surface area is 127 Å². The third-order valence-corrected chi connectivity index (χ3v) is 3.91. The van der Waals surface area contributed by atoms with Gasteiger partial charge >= 0.3 is 0 Å². The van der Waals surface area contributed by atoms with Crippen molar-refractivity contribution in [2.75, 3.05) is 0 Å². The van der Waals surface area contributed by atoms with Gasteiger partial charge in [-0.25, -0.2) is 8.78 Å². The fourth-order valence-electron chi connectivity index (χ4n) is 2.91. The highest BCUT2D eigenvalue weighted by molar-refractivity contribution is 5.79. The third kappa shape index (κ3) is 3.00. The van der Waals surface area contributed by atoms with Gasteiger partial charge in [-0.3, -0.25) is 9.48 Å². The van der Waals surface area contributed by atoms with Gasteiger partial charge in [-0.15, -0.1) is 0 Å². The summed E-state index contributed by atoms with van der Waals surface area (Å²) in [6, 6.07) is 3.03. The Hall–Kier alpha value is -2.24. The molecule has 1 aromatic carbocycles. The topological polar surface area (TPSA) is 46.9 Å². The first-order valence-corrected chi connectivity index (χ1v) is 7.28. The van der Waals surface area contributed by atoms with Crippen LogP contribution in [0.25, 0.3) is 0 Å². The first-order valence-electron chi connectivity index (χ1n) is 7.28. The second-order valence-electron chi connectivity index (χ2n) is 5.63. The van der Waals surface area contributed by atoms with Gasteiger partial charge in [0.25, 0.3) is 0 Å². The third-order valence-electron chi connectivity index (χ3n) is 3.91. The number of benzene rings is 1. The van der Waals surface area contributed by atoms with Gasteiger partial charge in [0.1, 0.15) is 11.6 Å². The Morgan fingerprint density at radius 2 is 2.27 bits per heavy atom. The lowest BCUT2D eigenvalue weighted by Gasteiger charge is -2.22. The number of aromatic nitrogens is 2. The molecule has 1 atom stereocenters. The average Bonchev–Trinajstić information content (AvgIpc) is 2.84. The minimum absolute atomic E-state index is 0.0692. The molecule has 3 rings (SSSR count). The van der Waals surface area contributed by atoms with E-state index < -0.39 is 11.6 Å². The van der Waals surface area contributed by atoms with Gasteiger partial charge in [-0.05, 0) is 37.5 Å². The van der Waals surface area contributed by atoms with E-state index in [4.69, 9.17) is 0 Å². The SMILES string of the molecule is Cn1cc2c(n1)CCCC2NC(=O)Cc1cc(F)ccc1F. The van der Waals surface area contributed by atoms with Crippen molar-refractivity contribution >= 4 is 5.91 Å². The first-order chi connectivity index (χ1) is 10.5. The molecule has 1 amide bonds. The van der Waals surface area contributed by atoms with E-state index in [-0.39, 0.29) is 23.9 Å². The van der Waals surface area contributed by atoms with Crippen LogP contribution in [-0.2, 0) is 24.7 Å². The zero-order valence-corrected chi connectivity index (χ0v) is 12.3. The number of aryl methyl sites for hydroxylation is 2. The van der Waals surface area contributed by atoms with Crippen LogP contribution in [0, 0.1) is 11.6 Å². The maximum Gasteiger partial charge on any atom is 0.225 e. The van der Waals surface area contributed by atoms with Crippen LogP contribution in [0.5, 0.6) is 0 Å². The van der Waals surface area contributed by atoms with Crippen LogP contribution in [0.3, 0.4) is 0 Å². The fourth-order valence-corrected chi connectivity index (χ4v) is 2.91. The van der Waals surface area contributed by atoms with E-state index in [1.54, 1.807) is 4.68 Å². The number of carbonyl (C=O) groups is 1. The summed E-state index contributed by atoms with van der Waals surface area (Å²) in [7, 11) is 1.85. The molecule has 0 fully saturated rings. The van der Waals surface area contributed by atoms with Gasteiger partial charge in [0.2, 0.25) is 5.91 Å². The van der Waals surface area contributed by atoms with Gasteiger partial charge in [0.15, 0.2) is 0 Å². The van der Waals surface area contributed by atoms with Crippen LogP contribution in [0.1, 0.15) is 35.7 Å². The molecule has 1 aliphatic carbocycles. The fraction of sp³-hybridized carbons (Fsp3) is 0.375. The van der Waals surface area contributed by atoms with E-state index in [9.17, 15) is 13.6 Å². The largest absolute Gasteiger partial charge is 0.349 e. The summed E-state index contributed by atoms with van der Waals surface area (Å²) in [5, 5.41) is 7.28. The number of rotatable bonds is 3. The first kappa shape index (κ1) is 14.7. The van der Waals surface area contributed by atoms with E-state index >= 15 is 0 Å². The van der Waals surface area contributed by atoms with Crippen molar-refractivity contribution in [2.24, 2.45) is 7.05 Å². The molecule has 2 aromatic rings. The maximum absolute atomic E-state index is 13.6. The predicted octanol–water partition coefficient (Wildman–Crippen LogP) is 2.43. The summed E-state index contributed by atoms with van der Waals surface area (Å²) in [5.41, 5.74) is 2.08. The zero-order chi connectivity index (χ0) is 15.7. The minimum atomic E-state index is -0.567. The molecular formula is C16H17F2N3O. The smallest absolute Gasteiger partial charge is 0.225 e. The average molecular weight is 305 g/mol. The Morgan fingerprint density at radius 1 is 1.45 bits per heavy atom. The molecule has 0 aliphatic heterocycles. The zero-order valence-electron chi connectivity index (χ0n) is 12.3. The number of nitrogens with one attached hydrogen (secondary N) is 1. The molecule has 1 aliphatic rings. The van der Waals surface area contributed by atoms with Crippen molar-refractivity contribution in [2.45, 2.75) is 31.7 Å². The summed E-state index contributed by atoms with van der Waals surface area (Å²) in [6.45, 7) is 0. The molecule has 116 valence electrons. The van der Waals surface area contributed by atoms with Crippen LogP contribution >= 0.6 is 0 Å². The van der Waals surface area contributed by atoms with Gasteiger partial charge < -0.3 is 5.32 Å². The Balaban J connectivity index is 1.71. The lowest BCUT2D eigenvalue weighted by Crippen LogP contribution is -2.32. The molecule has 0 spiro atoms. The number of carbonyl (C=O) groups excluding carboxylic acids is 1. The molecule has 22 heavy (non-hydrogen) atoms. The van der Waals surface area contributed by atoms with Gasteiger partial charge in [-0.1, -0.05) is 0 Å². The molecule has 1 N–H and O–H groups in total. The van der Waals surface area contributed by atoms with Crippen LogP contribution in [0.15, 0.2) is 24.4 Å². The molecule has 1 unspecified atom stereocenters. The normalized spacial score (nSPS) is 17.1. The quantitative estimate of drug-likeness (QED) is 0.947. The number of amides is 1. The maximum atomic E-state index is 13.6. The highest BCUT2D eigenvalue weighted by atomic mass is 19.1. The highest BCUT2D eigenvalue weighted by Gasteiger charge is 2.24. The van der Waals surface area contributed by atoms with E-state index in [1.165, 1.54) is 0 Å². The molecule has 0 bridgehead atoms. The van der Waals surface area contributed by atoms with Crippen LogP contribution < -0.4 is 5.32 Å². The molecular weight excluding hydrogens is 288 g/mol. The van der Waals surface area contributed by atoms with Gasteiger partial charge in [0, 0.05) is 24.4 Å². The number of hydrogen-bond donors (Lipinski definition) is 1. The highest BCUT2D eigenvalue weighted by Crippen LogP contribution is 2.28. The number of nitrogens with zero attached hydrogens (tertiary/aromatic N) is 2. The molecule has 0 radical (unpaired) electrons. The molecule has 1 aromatic heterocycles. The van der Waals surface area contributed by atoms with E-state index in [2.05, 4.69) is 10.4 Å². The van der Waals surface area contributed by atoms with Crippen molar-refractivity contribution < 1.29 is 13.6 Å². The van der Waals surface area contributed by atoms with E-state index in [1.807, 2.05) is 13.2 Å².